The van der Waals surface area contributed by atoms with Crippen LogP contribution in [0.2, 0.25) is 0 Å². The van der Waals surface area contributed by atoms with E-state index in [4.69, 9.17) is 0 Å². The van der Waals surface area contributed by atoms with E-state index >= 15 is 0 Å². The summed E-state index contributed by atoms with van der Waals surface area (Å²) < 4.78 is 26.9. The molecule has 114 valence electrons. The lowest BCUT2D eigenvalue weighted by Gasteiger charge is -2.25. The topological polar surface area (TPSA) is 20.3 Å². The Morgan fingerprint density at radius 3 is 2.55 bits per heavy atom. The van der Waals surface area contributed by atoms with Crippen molar-refractivity contribution in [3.63, 3.8) is 0 Å². The van der Waals surface area contributed by atoms with Gasteiger partial charge >= 0.3 is 0 Å². The number of nitrogens with zero attached hydrogens (tertiary/aromatic N) is 1. The van der Waals surface area contributed by atoms with Gasteiger partial charge in [-0.1, -0.05) is 30.3 Å². The molecule has 1 aliphatic rings. The number of amides is 1. The molecule has 1 heterocycles. The monoisotopic (exact) mass is 301 g/mol. The largest absolute Gasteiger partial charge is 0.335 e. The fourth-order valence-electron chi connectivity index (χ4n) is 3.01. The van der Waals surface area contributed by atoms with Crippen molar-refractivity contribution in [1.82, 2.24) is 4.90 Å². The molecule has 2 aromatic rings. The minimum atomic E-state index is -0.318. The molecule has 4 heteroatoms. The first kappa shape index (κ1) is 14.7. The molecule has 1 atom stereocenters. The summed E-state index contributed by atoms with van der Waals surface area (Å²) in [5.74, 6) is -0.632. The summed E-state index contributed by atoms with van der Waals surface area (Å²) in [4.78, 5) is 14.2. The van der Waals surface area contributed by atoms with E-state index in [-0.39, 0.29) is 30.0 Å². The summed E-state index contributed by atoms with van der Waals surface area (Å²) >= 11 is 0. The highest BCUT2D eigenvalue weighted by molar-refractivity contribution is 5.79. The molecule has 2 aromatic carbocycles. The molecule has 0 aliphatic carbocycles. The Morgan fingerprint density at radius 1 is 1.09 bits per heavy atom. The van der Waals surface area contributed by atoms with Gasteiger partial charge in [0.05, 0.1) is 12.5 Å². The smallest absolute Gasteiger partial charge is 0.227 e. The van der Waals surface area contributed by atoms with E-state index in [9.17, 15) is 13.6 Å². The molecule has 1 aliphatic heterocycles. The summed E-state index contributed by atoms with van der Waals surface area (Å²) in [6, 6.07) is 12.3. The van der Waals surface area contributed by atoms with Gasteiger partial charge < -0.3 is 4.90 Å². The van der Waals surface area contributed by atoms with E-state index < -0.39 is 0 Å². The molecule has 0 unspecified atom stereocenters. The molecule has 2 nitrogen and oxygen atoms in total. The van der Waals surface area contributed by atoms with E-state index in [0.717, 1.165) is 18.4 Å². The molecular weight excluding hydrogens is 284 g/mol. The zero-order chi connectivity index (χ0) is 15.5. The molecule has 0 bridgehead atoms. The lowest BCUT2D eigenvalue weighted by atomic mass is 10.0. The number of hydrogen-bond acceptors (Lipinski definition) is 1. The first-order valence-corrected chi connectivity index (χ1v) is 7.43. The summed E-state index contributed by atoms with van der Waals surface area (Å²) in [6.07, 6.45) is 1.86. The molecule has 0 aromatic heterocycles. The molecule has 0 saturated carbocycles. The number of carbonyl (C=O) groups excluding carboxylic acids is 1. The summed E-state index contributed by atoms with van der Waals surface area (Å²) in [5, 5.41) is 0. The quantitative estimate of drug-likeness (QED) is 0.842. The Morgan fingerprint density at radius 2 is 1.82 bits per heavy atom. The van der Waals surface area contributed by atoms with Gasteiger partial charge in [0.25, 0.3) is 0 Å². The molecule has 3 rings (SSSR count). The second-order valence-corrected chi connectivity index (χ2v) is 5.57. The van der Waals surface area contributed by atoms with Crippen molar-refractivity contribution in [2.75, 3.05) is 6.54 Å². The van der Waals surface area contributed by atoms with Gasteiger partial charge in [0.1, 0.15) is 11.6 Å². The first-order valence-electron chi connectivity index (χ1n) is 7.43. The van der Waals surface area contributed by atoms with Crippen molar-refractivity contribution in [3.05, 3.63) is 71.3 Å². The Kier molecular flexibility index (Phi) is 4.18. The number of rotatable bonds is 3. The highest BCUT2D eigenvalue weighted by Gasteiger charge is 2.31. The minimum absolute atomic E-state index is 0.0441. The van der Waals surface area contributed by atoms with E-state index in [0.29, 0.717) is 12.1 Å². The molecule has 0 radical (unpaired) electrons. The molecule has 22 heavy (non-hydrogen) atoms. The zero-order valence-electron chi connectivity index (χ0n) is 12.1. The highest BCUT2D eigenvalue weighted by Crippen LogP contribution is 2.33. The van der Waals surface area contributed by atoms with Gasteiger partial charge in [-0.15, -0.1) is 0 Å². The van der Waals surface area contributed by atoms with E-state index in [1.165, 1.54) is 18.2 Å². The third kappa shape index (κ3) is 3.01. The van der Waals surface area contributed by atoms with Crippen LogP contribution in [-0.4, -0.2) is 17.4 Å². The number of benzene rings is 2. The Labute approximate surface area is 128 Å². The van der Waals surface area contributed by atoms with Crippen molar-refractivity contribution in [1.29, 1.82) is 0 Å². The van der Waals surface area contributed by atoms with Crippen LogP contribution in [-0.2, 0) is 11.2 Å². The van der Waals surface area contributed by atoms with Crippen LogP contribution in [0.4, 0.5) is 8.78 Å². The Balaban J connectivity index is 1.76. The lowest BCUT2D eigenvalue weighted by molar-refractivity contribution is -0.131. The Hall–Kier alpha value is -2.23. The van der Waals surface area contributed by atoms with Gasteiger partial charge in [0.2, 0.25) is 5.91 Å². The number of halogens is 2. The summed E-state index contributed by atoms with van der Waals surface area (Å²) in [5.41, 5.74) is 1.35. The molecule has 0 spiro atoms. The van der Waals surface area contributed by atoms with Crippen molar-refractivity contribution in [3.8, 4) is 0 Å². The molecule has 0 N–H and O–H groups in total. The van der Waals surface area contributed by atoms with Gasteiger partial charge in [0.15, 0.2) is 0 Å². The van der Waals surface area contributed by atoms with Gasteiger partial charge in [-0.2, -0.15) is 0 Å². The van der Waals surface area contributed by atoms with Gasteiger partial charge in [-0.25, -0.2) is 8.78 Å². The lowest BCUT2D eigenvalue weighted by Crippen LogP contribution is -2.32. The summed E-state index contributed by atoms with van der Waals surface area (Å²) in [7, 11) is 0. The number of hydrogen-bond donors (Lipinski definition) is 0. The van der Waals surface area contributed by atoms with Crippen LogP contribution < -0.4 is 0 Å². The van der Waals surface area contributed by atoms with E-state index in [2.05, 4.69) is 0 Å². The fourth-order valence-corrected chi connectivity index (χ4v) is 3.01. The van der Waals surface area contributed by atoms with Crippen LogP contribution in [0.15, 0.2) is 48.5 Å². The van der Waals surface area contributed by atoms with Gasteiger partial charge in [0, 0.05) is 12.1 Å². The maximum absolute atomic E-state index is 14.0. The SMILES string of the molecule is O=C(Cc1ccc(F)cc1)N1CCC[C@H]1c1ccccc1F. The highest BCUT2D eigenvalue weighted by atomic mass is 19.1. The second kappa shape index (κ2) is 6.26. The summed E-state index contributed by atoms with van der Waals surface area (Å²) in [6.45, 7) is 0.638. The second-order valence-electron chi connectivity index (χ2n) is 5.57. The van der Waals surface area contributed by atoms with Gasteiger partial charge in [-0.05, 0) is 36.6 Å². The minimum Gasteiger partial charge on any atom is -0.335 e. The van der Waals surface area contributed by atoms with Crippen molar-refractivity contribution in [2.45, 2.75) is 25.3 Å². The molecule has 1 fully saturated rings. The zero-order valence-corrected chi connectivity index (χ0v) is 12.1. The predicted octanol–water partition coefficient (Wildman–Crippen LogP) is 3.87. The molecular formula is C18H17F2NO. The van der Waals surface area contributed by atoms with Gasteiger partial charge in [-0.3, -0.25) is 4.79 Å². The van der Waals surface area contributed by atoms with Crippen molar-refractivity contribution >= 4 is 5.91 Å². The maximum Gasteiger partial charge on any atom is 0.227 e. The number of likely N-dealkylation sites (tertiary alicyclic amines) is 1. The van der Waals surface area contributed by atoms with Crippen LogP contribution >= 0.6 is 0 Å². The average molecular weight is 301 g/mol. The number of carbonyl (C=O) groups is 1. The van der Waals surface area contributed by atoms with Crippen molar-refractivity contribution in [2.24, 2.45) is 0 Å². The van der Waals surface area contributed by atoms with E-state index in [1.54, 1.807) is 35.2 Å². The standard InChI is InChI=1S/C18H17F2NO/c19-14-9-7-13(8-10-14)12-18(22)21-11-3-6-17(21)15-4-1-2-5-16(15)20/h1-2,4-5,7-10,17H,3,6,11-12H2/t17-/m0/s1. The van der Waals surface area contributed by atoms with E-state index in [1.807, 2.05) is 0 Å². The maximum atomic E-state index is 14.0. The van der Waals surface area contributed by atoms with Crippen LogP contribution in [0, 0.1) is 11.6 Å². The third-order valence-electron chi connectivity index (χ3n) is 4.11. The Bertz CT molecular complexity index is 669. The predicted molar refractivity (Wildman–Crippen MR) is 80.2 cm³/mol. The van der Waals surface area contributed by atoms with Crippen LogP contribution in [0.5, 0.6) is 0 Å². The third-order valence-corrected chi connectivity index (χ3v) is 4.11. The van der Waals surface area contributed by atoms with Crippen LogP contribution in [0.1, 0.15) is 30.0 Å². The first-order chi connectivity index (χ1) is 10.6. The normalized spacial score (nSPS) is 17.7. The average Bonchev–Trinajstić information content (AvgIpc) is 2.99. The fraction of sp³-hybridized carbons (Fsp3) is 0.278. The van der Waals surface area contributed by atoms with Crippen LogP contribution in [0.25, 0.3) is 0 Å². The van der Waals surface area contributed by atoms with Crippen LogP contribution in [0.3, 0.4) is 0 Å². The molecule has 1 amide bonds. The molecule has 1 saturated heterocycles. The van der Waals surface area contributed by atoms with Crippen molar-refractivity contribution < 1.29 is 13.6 Å².